The van der Waals surface area contributed by atoms with Gasteiger partial charge in [0.15, 0.2) is 12.4 Å². The number of aromatic amines is 1. The molecule has 0 aliphatic carbocycles. The fourth-order valence-corrected chi connectivity index (χ4v) is 3.56. The summed E-state index contributed by atoms with van der Waals surface area (Å²) >= 11 is 0. The smallest absolute Gasteiger partial charge is 0.308 e. The van der Waals surface area contributed by atoms with Crippen molar-refractivity contribution in [2.24, 2.45) is 7.05 Å². The third-order valence-corrected chi connectivity index (χ3v) is 4.69. The monoisotopic (exact) mass is 446 g/mol. The van der Waals surface area contributed by atoms with Crippen LogP contribution in [0.4, 0.5) is 0 Å². The summed E-state index contributed by atoms with van der Waals surface area (Å²) in [7, 11) is 2.03. The van der Waals surface area contributed by atoms with Gasteiger partial charge in [-0.05, 0) is 48.6 Å². The first-order chi connectivity index (χ1) is 11.5. The van der Waals surface area contributed by atoms with Crippen LogP contribution in [0.15, 0.2) is 36.7 Å². The van der Waals surface area contributed by atoms with Crippen molar-refractivity contribution in [3.05, 3.63) is 47.8 Å². The zero-order valence-corrected chi connectivity index (χ0v) is 16.8. The molecule has 0 atom stereocenters. The van der Waals surface area contributed by atoms with Crippen LogP contribution >= 0.6 is 0 Å². The van der Waals surface area contributed by atoms with Gasteiger partial charge in [-0.2, -0.15) is 0 Å². The molecule has 4 aromatic rings. The van der Waals surface area contributed by atoms with Crippen molar-refractivity contribution in [1.82, 2.24) is 4.98 Å². The van der Waals surface area contributed by atoms with Crippen molar-refractivity contribution in [3.63, 3.8) is 0 Å². The topological polar surface area (TPSA) is 46.0 Å². The summed E-state index contributed by atoms with van der Waals surface area (Å²) < 4.78 is 7.33. The lowest BCUT2D eigenvalue weighted by molar-refractivity contribution is -0.670. The van der Waals surface area contributed by atoms with Crippen molar-refractivity contribution in [2.75, 3.05) is 0 Å². The van der Waals surface area contributed by atoms with Gasteiger partial charge in [-0.1, -0.05) is 0 Å². The van der Waals surface area contributed by atoms with Crippen LogP contribution in [-0.4, -0.2) is 11.0 Å². The summed E-state index contributed by atoms with van der Waals surface area (Å²) in [6, 6.07) is 7.89. The Hall–Kier alpha value is -2.15. The van der Waals surface area contributed by atoms with Crippen LogP contribution in [0.5, 0.6) is 5.75 Å². The van der Waals surface area contributed by atoms with Crippen molar-refractivity contribution in [3.8, 4) is 5.75 Å². The highest BCUT2D eigenvalue weighted by molar-refractivity contribution is 6.16. The Bertz CT molecular complexity index is 1150. The number of halogens is 1. The van der Waals surface area contributed by atoms with E-state index in [4.69, 9.17) is 4.74 Å². The number of H-pyrrole nitrogens is 1. The SMILES string of the molecule is CC(=O)Oc1ccc2[nH]c3c(C)c4cc[n+](C)cc4c(C)c3c2c1.[I-]. The van der Waals surface area contributed by atoms with Crippen LogP contribution in [0.1, 0.15) is 18.1 Å². The fourth-order valence-electron chi connectivity index (χ4n) is 3.56. The van der Waals surface area contributed by atoms with Crippen molar-refractivity contribution < 1.29 is 38.1 Å². The van der Waals surface area contributed by atoms with E-state index in [-0.39, 0.29) is 29.9 Å². The van der Waals surface area contributed by atoms with Crippen LogP contribution in [0.2, 0.25) is 0 Å². The number of rotatable bonds is 1. The molecule has 2 heterocycles. The molecule has 5 heteroatoms. The van der Waals surface area contributed by atoms with E-state index < -0.39 is 0 Å². The highest BCUT2D eigenvalue weighted by Gasteiger charge is 2.16. The number of fused-ring (bicyclic) bond motifs is 4. The van der Waals surface area contributed by atoms with E-state index in [1.807, 2.05) is 25.2 Å². The molecule has 0 fully saturated rings. The average Bonchev–Trinajstić information content (AvgIpc) is 2.91. The fraction of sp³-hybridized carbons (Fsp3) is 0.200. The van der Waals surface area contributed by atoms with Crippen LogP contribution in [-0.2, 0) is 11.8 Å². The minimum Gasteiger partial charge on any atom is -1.00 e. The van der Waals surface area contributed by atoms with Crippen molar-refractivity contribution in [1.29, 1.82) is 0 Å². The molecule has 4 rings (SSSR count). The number of aryl methyl sites for hydroxylation is 3. The van der Waals surface area contributed by atoms with Gasteiger partial charge in [0.25, 0.3) is 0 Å². The van der Waals surface area contributed by atoms with Crippen molar-refractivity contribution in [2.45, 2.75) is 20.8 Å². The Balaban J connectivity index is 0.00000182. The van der Waals surface area contributed by atoms with Crippen LogP contribution in [0.3, 0.4) is 0 Å². The number of carbonyl (C=O) groups excluding carboxylic acids is 1. The van der Waals surface area contributed by atoms with E-state index in [0.29, 0.717) is 5.75 Å². The Morgan fingerprint density at radius 2 is 1.84 bits per heavy atom. The number of hydrogen-bond acceptors (Lipinski definition) is 2. The molecule has 2 aromatic heterocycles. The molecule has 25 heavy (non-hydrogen) atoms. The number of nitrogens with zero attached hydrogens (tertiary/aromatic N) is 1. The summed E-state index contributed by atoms with van der Waals surface area (Å²) in [5.41, 5.74) is 4.65. The minimum atomic E-state index is -0.306. The number of esters is 1. The van der Waals surface area contributed by atoms with E-state index >= 15 is 0 Å². The second kappa shape index (κ2) is 6.29. The molecule has 0 spiro atoms. The zero-order valence-electron chi connectivity index (χ0n) is 14.6. The number of benzene rings is 2. The number of carbonyl (C=O) groups is 1. The van der Waals surface area contributed by atoms with Gasteiger partial charge in [-0.3, -0.25) is 4.79 Å². The van der Waals surface area contributed by atoms with E-state index in [9.17, 15) is 4.79 Å². The molecule has 0 radical (unpaired) electrons. The Labute approximate surface area is 162 Å². The van der Waals surface area contributed by atoms with Crippen LogP contribution in [0.25, 0.3) is 32.6 Å². The van der Waals surface area contributed by atoms with Gasteiger partial charge in [-0.25, -0.2) is 4.57 Å². The van der Waals surface area contributed by atoms with E-state index in [2.05, 4.69) is 41.9 Å². The second-order valence-electron chi connectivity index (χ2n) is 6.36. The maximum Gasteiger partial charge on any atom is 0.308 e. The minimum absolute atomic E-state index is 0. The molecular formula is C20H19IN2O2. The summed E-state index contributed by atoms with van der Waals surface area (Å²) in [5.74, 6) is 0.270. The van der Waals surface area contributed by atoms with Crippen molar-refractivity contribution >= 4 is 38.5 Å². The highest BCUT2D eigenvalue weighted by atomic mass is 127. The highest BCUT2D eigenvalue weighted by Crippen LogP contribution is 2.37. The lowest BCUT2D eigenvalue weighted by Crippen LogP contribution is -3.00. The first-order valence-electron chi connectivity index (χ1n) is 7.97. The molecule has 0 unspecified atom stereocenters. The third kappa shape index (κ3) is 2.76. The number of aromatic nitrogens is 2. The molecule has 1 N–H and O–H groups in total. The second-order valence-corrected chi connectivity index (χ2v) is 6.36. The largest absolute Gasteiger partial charge is 1.00 e. The number of nitrogens with one attached hydrogen (secondary N) is 1. The molecule has 0 amide bonds. The maximum atomic E-state index is 11.3. The lowest BCUT2D eigenvalue weighted by atomic mass is 9.97. The Morgan fingerprint density at radius 3 is 2.56 bits per heavy atom. The molecule has 0 aliphatic heterocycles. The molecule has 128 valence electrons. The average molecular weight is 446 g/mol. The first kappa shape index (κ1) is 17.7. The molecule has 0 saturated heterocycles. The Morgan fingerprint density at radius 1 is 1.08 bits per heavy atom. The lowest BCUT2D eigenvalue weighted by Gasteiger charge is -2.08. The van der Waals surface area contributed by atoms with Gasteiger partial charge in [0.05, 0.1) is 5.52 Å². The van der Waals surface area contributed by atoms with Gasteiger partial charge in [0, 0.05) is 34.7 Å². The molecule has 2 aromatic carbocycles. The molecule has 0 aliphatic rings. The third-order valence-electron chi connectivity index (χ3n) is 4.69. The van der Waals surface area contributed by atoms with Crippen LogP contribution < -0.4 is 33.3 Å². The standard InChI is InChI=1S/C20H18N2O2.HI/c1-11-17-10-22(4)8-7-15(17)12(2)20-19(11)16-9-14(24-13(3)23)5-6-18(16)21-20;/h5-10H,1-4H3;1H. The number of pyridine rings is 1. The van der Waals surface area contributed by atoms with Gasteiger partial charge >= 0.3 is 5.97 Å². The van der Waals surface area contributed by atoms with Crippen LogP contribution in [0, 0.1) is 13.8 Å². The number of hydrogen-bond donors (Lipinski definition) is 1. The zero-order chi connectivity index (χ0) is 17.0. The molecular weight excluding hydrogens is 427 g/mol. The quantitative estimate of drug-likeness (QED) is 0.204. The summed E-state index contributed by atoms with van der Waals surface area (Å²) in [4.78, 5) is 14.8. The predicted molar refractivity (Wildman–Crippen MR) is 95.3 cm³/mol. The Kier molecular flexibility index (Phi) is 4.45. The predicted octanol–water partition coefficient (Wildman–Crippen LogP) is 0.845. The van der Waals surface area contributed by atoms with Gasteiger partial charge in [0.1, 0.15) is 12.8 Å². The van der Waals surface area contributed by atoms with Gasteiger partial charge < -0.3 is 33.7 Å². The maximum absolute atomic E-state index is 11.3. The molecule has 0 saturated carbocycles. The molecule has 0 bridgehead atoms. The van der Waals surface area contributed by atoms with E-state index in [0.717, 1.165) is 16.4 Å². The normalized spacial score (nSPS) is 11.0. The summed E-state index contributed by atoms with van der Waals surface area (Å²) in [6.45, 7) is 5.71. The van der Waals surface area contributed by atoms with E-state index in [1.165, 1.54) is 34.2 Å². The van der Waals surface area contributed by atoms with Gasteiger partial charge in [0.2, 0.25) is 0 Å². The first-order valence-corrected chi connectivity index (χ1v) is 7.97. The van der Waals surface area contributed by atoms with E-state index in [1.54, 1.807) is 0 Å². The summed E-state index contributed by atoms with van der Waals surface area (Å²) in [5, 5.41) is 4.77. The summed E-state index contributed by atoms with van der Waals surface area (Å²) in [6.07, 6.45) is 4.23. The number of ether oxygens (including phenoxy) is 1. The van der Waals surface area contributed by atoms with Gasteiger partial charge in [-0.15, -0.1) is 0 Å². The molecule has 4 nitrogen and oxygen atoms in total.